The fourth-order valence-corrected chi connectivity index (χ4v) is 2.67. The van der Waals surface area contributed by atoms with Crippen molar-refractivity contribution in [3.8, 4) is 5.75 Å². The van der Waals surface area contributed by atoms with Crippen molar-refractivity contribution in [3.05, 3.63) is 45.1 Å². The van der Waals surface area contributed by atoms with Gasteiger partial charge in [-0.15, -0.1) is 11.3 Å². The molecule has 0 saturated carbocycles. The third-order valence-electron chi connectivity index (χ3n) is 2.73. The molecule has 110 valence electrons. The van der Waals surface area contributed by atoms with Crippen LogP contribution in [0.2, 0.25) is 5.02 Å². The van der Waals surface area contributed by atoms with Crippen molar-refractivity contribution in [2.75, 3.05) is 19.5 Å². The van der Waals surface area contributed by atoms with Crippen LogP contribution in [0, 0.1) is 0 Å². The molecule has 7 heteroatoms. The van der Waals surface area contributed by atoms with Gasteiger partial charge in [-0.25, -0.2) is 4.79 Å². The summed E-state index contributed by atoms with van der Waals surface area (Å²) in [4.78, 5) is 23.7. The van der Waals surface area contributed by atoms with Gasteiger partial charge in [-0.3, -0.25) is 4.79 Å². The van der Waals surface area contributed by atoms with E-state index in [2.05, 4.69) is 10.1 Å². The van der Waals surface area contributed by atoms with Crippen LogP contribution in [-0.4, -0.2) is 26.1 Å². The van der Waals surface area contributed by atoms with E-state index < -0.39 is 5.97 Å². The fourth-order valence-electron chi connectivity index (χ4n) is 1.66. The van der Waals surface area contributed by atoms with Crippen LogP contribution in [0.1, 0.15) is 20.7 Å². The highest BCUT2D eigenvalue weighted by atomic mass is 35.5. The molecule has 1 amide bonds. The maximum Gasteiger partial charge on any atom is 0.340 e. The topological polar surface area (TPSA) is 64.6 Å². The summed E-state index contributed by atoms with van der Waals surface area (Å²) in [5, 5.41) is 6.27. The number of carbonyl (C=O) groups is 2. The van der Waals surface area contributed by atoms with Gasteiger partial charge in [-0.1, -0.05) is 11.6 Å². The van der Waals surface area contributed by atoms with E-state index in [0.717, 1.165) is 0 Å². The molecule has 0 saturated heterocycles. The number of methoxy groups -OCH3 is 2. The molecular formula is C14H12ClNO4S. The Morgan fingerprint density at radius 3 is 2.62 bits per heavy atom. The number of rotatable bonds is 4. The van der Waals surface area contributed by atoms with Crippen molar-refractivity contribution in [1.29, 1.82) is 0 Å². The molecule has 0 aliphatic carbocycles. The Kier molecular flexibility index (Phi) is 4.82. The molecule has 1 N–H and O–H groups in total. The van der Waals surface area contributed by atoms with E-state index in [4.69, 9.17) is 16.3 Å². The second-order valence-electron chi connectivity index (χ2n) is 3.99. The highest BCUT2D eigenvalue weighted by Gasteiger charge is 2.16. The first-order chi connectivity index (χ1) is 10.1. The maximum absolute atomic E-state index is 12.2. The molecule has 0 spiro atoms. The first kappa shape index (κ1) is 15.3. The minimum atomic E-state index is -0.501. The van der Waals surface area contributed by atoms with Crippen molar-refractivity contribution >= 4 is 40.5 Å². The third-order valence-corrected chi connectivity index (χ3v) is 3.77. The third kappa shape index (κ3) is 3.34. The Balaban J connectivity index is 2.21. The lowest BCUT2D eigenvalue weighted by atomic mass is 10.2. The summed E-state index contributed by atoms with van der Waals surface area (Å²) < 4.78 is 9.68. The minimum absolute atomic E-state index is 0.315. The summed E-state index contributed by atoms with van der Waals surface area (Å²) in [6, 6.07) is 4.69. The van der Waals surface area contributed by atoms with Gasteiger partial charge in [0.25, 0.3) is 5.91 Å². The zero-order valence-corrected chi connectivity index (χ0v) is 12.9. The second kappa shape index (κ2) is 6.60. The van der Waals surface area contributed by atoms with Gasteiger partial charge < -0.3 is 14.8 Å². The summed E-state index contributed by atoms with van der Waals surface area (Å²) in [6.07, 6.45) is 0. The van der Waals surface area contributed by atoms with Crippen LogP contribution in [0.3, 0.4) is 0 Å². The second-order valence-corrected chi connectivity index (χ2v) is 5.14. The van der Waals surface area contributed by atoms with Gasteiger partial charge in [0.05, 0.1) is 30.5 Å². The van der Waals surface area contributed by atoms with E-state index >= 15 is 0 Å². The molecule has 0 bridgehead atoms. The predicted molar refractivity (Wildman–Crippen MR) is 81.6 cm³/mol. The smallest absolute Gasteiger partial charge is 0.340 e. The number of amides is 1. The number of esters is 1. The summed E-state index contributed by atoms with van der Waals surface area (Å²) in [5.41, 5.74) is 1.09. The SMILES string of the molecule is COC(=O)c1cscc1NC(=O)c1ccc(OC)c(Cl)c1. The maximum atomic E-state index is 12.2. The molecule has 0 atom stereocenters. The molecule has 1 heterocycles. The largest absolute Gasteiger partial charge is 0.495 e. The summed E-state index contributed by atoms with van der Waals surface area (Å²) in [5.74, 6) is -0.388. The Labute approximate surface area is 130 Å². The predicted octanol–water partition coefficient (Wildman–Crippen LogP) is 3.45. The highest BCUT2D eigenvalue weighted by molar-refractivity contribution is 7.08. The first-order valence-corrected chi connectivity index (χ1v) is 7.18. The average molecular weight is 326 g/mol. The van der Waals surface area contributed by atoms with Crippen LogP contribution in [0.15, 0.2) is 29.0 Å². The standard InChI is InChI=1S/C14H12ClNO4S/c1-19-12-4-3-8(5-10(12)15)13(17)16-11-7-21-6-9(11)14(18)20-2/h3-7H,1-2H3,(H,16,17). The van der Waals surface area contributed by atoms with Crippen LogP contribution >= 0.6 is 22.9 Å². The fraction of sp³-hybridized carbons (Fsp3) is 0.143. The summed E-state index contributed by atoms with van der Waals surface area (Å²) in [6.45, 7) is 0. The van der Waals surface area contributed by atoms with Gasteiger partial charge in [-0.2, -0.15) is 0 Å². The lowest BCUT2D eigenvalue weighted by Gasteiger charge is -2.08. The molecule has 1 aromatic heterocycles. The number of nitrogens with one attached hydrogen (secondary N) is 1. The summed E-state index contributed by atoms with van der Waals surface area (Å²) >= 11 is 7.28. The van der Waals surface area contributed by atoms with E-state index in [1.165, 1.54) is 31.6 Å². The zero-order valence-electron chi connectivity index (χ0n) is 11.3. The molecule has 5 nitrogen and oxygen atoms in total. The molecule has 0 fully saturated rings. The van der Waals surface area contributed by atoms with Crippen molar-refractivity contribution in [1.82, 2.24) is 0 Å². The molecule has 0 radical (unpaired) electrons. The van der Waals surface area contributed by atoms with Crippen LogP contribution < -0.4 is 10.1 Å². The van der Waals surface area contributed by atoms with Crippen molar-refractivity contribution in [2.24, 2.45) is 0 Å². The number of hydrogen-bond acceptors (Lipinski definition) is 5. The molecular weight excluding hydrogens is 314 g/mol. The average Bonchev–Trinajstić information content (AvgIpc) is 2.94. The van der Waals surface area contributed by atoms with Crippen molar-refractivity contribution < 1.29 is 19.1 Å². The van der Waals surface area contributed by atoms with Crippen LogP contribution in [0.5, 0.6) is 5.75 Å². The Morgan fingerprint density at radius 2 is 2.00 bits per heavy atom. The summed E-state index contributed by atoms with van der Waals surface area (Å²) in [7, 11) is 2.78. The number of thiophene rings is 1. The lowest BCUT2D eigenvalue weighted by Crippen LogP contribution is -2.14. The van der Waals surface area contributed by atoms with Crippen LogP contribution in [-0.2, 0) is 4.74 Å². The molecule has 0 aliphatic rings. The van der Waals surface area contributed by atoms with Crippen LogP contribution in [0.25, 0.3) is 0 Å². The molecule has 2 aromatic rings. The zero-order chi connectivity index (χ0) is 15.4. The number of hydrogen-bond donors (Lipinski definition) is 1. The Bertz CT molecular complexity index is 683. The minimum Gasteiger partial charge on any atom is -0.495 e. The quantitative estimate of drug-likeness (QED) is 0.874. The van der Waals surface area contributed by atoms with Gasteiger partial charge in [0.1, 0.15) is 5.75 Å². The van der Waals surface area contributed by atoms with Gasteiger partial charge >= 0.3 is 5.97 Å². The van der Waals surface area contributed by atoms with E-state index in [9.17, 15) is 9.59 Å². The normalized spacial score (nSPS) is 10.0. The van der Waals surface area contributed by atoms with E-state index in [1.54, 1.807) is 22.9 Å². The van der Waals surface area contributed by atoms with Gasteiger partial charge in [0.2, 0.25) is 0 Å². The molecule has 0 aliphatic heterocycles. The number of ether oxygens (including phenoxy) is 2. The highest BCUT2D eigenvalue weighted by Crippen LogP contribution is 2.26. The van der Waals surface area contributed by atoms with Crippen LogP contribution in [0.4, 0.5) is 5.69 Å². The van der Waals surface area contributed by atoms with Gasteiger partial charge in [0.15, 0.2) is 0 Å². The number of benzene rings is 1. The molecule has 2 rings (SSSR count). The van der Waals surface area contributed by atoms with Crippen molar-refractivity contribution in [2.45, 2.75) is 0 Å². The Hall–Kier alpha value is -2.05. The number of carbonyl (C=O) groups excluding carboxylic acids is 2. The molecule has 21 heavy (non-hydrogen) atoms. The molecule has 1 aromatic carbocycles. The monoisotopic (exact) mass is 325 g/mol. The number of halogens is 1. The first-order valence-electron chi connectivity index (χ1n) is 5.86. The van der Waals surface area contributed by atoms with Crippen molar-refractivity contribution in [3.63, 3.8) is 0 Å². The van der Waals surface area contributed by atoms with E-state index in [0.29, 0.717) is 27.6 Å². The van der Waals surface area contributed by atoms with E-state index in [-0.39, 0.29) is 5.91 Å². The molecule has 0 unspecified atom stereocenters. The number of anilines is 1. The van der Waals surface area contributed by atoms with Gasteiger partial charge in [-0.05, 0) is 18.2 Å². The Morgan fingerprint density at radius 1 is 1.24 bits per heavy atom. The van der Waals surface area contributed by atoms with Gasteiger partial charge in [0, 0.05) is 16.3 Å². The van der Waals surface area contributed by atoms with E-state index in [1.807, 2.05) is 0 Å². The lowest BCUT2D eigenvalue weighted by molar-refractivity contribution is 0.0602.